The Labute approximate surface area is 124 Å². The molecule has 108 valence electrons. The van der Waals surface area contributed by atoms with Crippen LogP contribution >= 0.6 is 0 Å². The minimum Gasteiger partial charge on any atom is -0.496 e. The molecule has 1 unspecified atom stereocenters. The first-order chi connectivity index (χ1) is 10.1. The Bertz CT molecular complexity index is 686. The Morgan fingerprint density at radius 2 is 1.81 bits per heavy atom. The summed E-state index contributed by atoms with van der Waals surface area (Å²) < 4.78 is 11.4. The van der Waals surface area contributed by atoms with Crippen molar-refractivity contribution in [2.24, 2.45) is 0 Å². The van der Waals surface area contributed by atoms with Crippen molar-refractivity contribution >= 4 is 5.78 Å². The van der Waals surface area contributed by atoms with Gasteiger partial charge in [-0.1, -0.05) is 29.8 Å². The molecule has 0 aliphatic carbocycles. The summed E-state index contributed by atoms with van der Waals surface area (Å²) in [6.07, 6.45) is 0.118. The largest absolute Gasteiger partial charge is 0.496 e. The molecule has 0 aromatic heterocycles. The molecule has 0 saturated carbocycles. The van der Waals surface area contributed by atoms with Crippen molar-refractivity contribution in [3.63, 3.8) is 0 Å². The van der Waals surface area contributed by atoms with Crippen LogP contribution in [-0.2, 0) is 0 Å². The van der Waals surface area contributed by atoms with Crippen molar-refractivity contribution in [2.75, 3.05) is 7.11 Å². The number of ether oxygens (including phenoxy) is 2. The first-order valence-electron chi connectivity index (χ1n) is 7.03. The van der Waals surface area contributed by atoms with E-state index in [4.69, 9.17) is 9.47 Å². The molecule has 2 aromatic carbocycles. The lowest BCUT2D eigenvalue weighted by Crippen LogP contribution is -2.21. The fourth-order valence-electron chi connectivity index (χ4n) is 2.68. The van der Waals surface area contributed by atoms with Gasteiger partial charge >= 0.3 is 0 Å². The van der Waals surface area contributed by atoms with E-state index in [1.54, 1.807) is 7.11 Å². The van der Waals surface area contributed by atoms with Gasteiger partial charge in [0.15, 0.2) is 5.78 Å². The third kappa shape index (κ3) is 2.51. The van der Waals surface area contributed by atoms with E-state index in [9.17, 15) is 4.79 Å². The molecule has 1 atom stereocenters. The van der Waals surface area contributed by atoms with E-state index in [-0.39, 0.29) is 11.9 Å². The van der Waals surface area contributed by atoms with E-state index in [0.29, 0.717) is 23.5 Å². The molecule has 0 bridgehead atoms. The van der Waals surface area contributed by atoms with Crippen molar-refractivity contribution in [1.29, 1.82) is 0 Å². The summed E-state index contributed by atoms with van der Waals surface area (Å²) in [7, 11) is 1.58. The molecule has 3 heteroatoms. The molecular formula is C18H18O3. The quantitative estimate of drug-likeness (QED) is 0.834. The van der Waals surface area contributed by atoms with Crippen molar-refractivity contribution in [1.82, 2.24) is 0 Å². The highest BCUT2D eigenvalue weighted by molar-refractivity contribution is 6.02. The summed E-state index contributed by atoms with van der Waals surface area (Å²) >= 11 is 0. The molecule has 0 N–H and O–H groups in total. The minimum absolute atomic E-state index is 0.0682. The summed E-state index contributed by atoms with van der Waals surface area (Å²) in [5, 5.41) is 0. The molecule has 3 rings (SSSR count). The van der Waals surface area contributed by atoms with Gasteiger partial charge in [0, 0.05) is 0 Å². The number of hydrogen-bond donors (Lipinski definition) is 0. The van der Waals surface area contributed by atoms with E-state index < -0.39 is 0 Å². The van der Waals surface area contributed by atoms with Crippen LogP contribution in [0.25, 0.3) is 0 Å². The topological polar surface area (TPSA) is 35.5 Å². The lowest BCUT2D eigenvalue weighted by molar-refractivity contribution is 0.0845. The van der Waals surface area contributed by atoms with Gasteiger partial charge < -0.3 is 9.47 Å². The average molecular weight is 282 g/mol. The zero-order valence-corrected chi connectivity index (χ0v) is 12.5. The van der Waals surface area contributed by atoms with E-state index in [1.807, 2.05) is 50.2 Å². The maximum Gasteiger partial charge on any atom is 0.174 e. The second-order valence-electron chi connectivity index (χ2n) is 5.48. The maximum atomic E-state index is 12.5. The molecule has 1 heterocycles. The second kappa shape index (κ2) is 5.24. The SMILES string of the molecule is COc1cc(C)cc2c1C(=O)CC(c1ccc(C)cc1)O2. The van der Waals surface area contributed by atoms with Gasteiger partial charge in [-0.2, -0.15) is 0 Å². The van der Waals surface area contributed by atoms with Gasteiger partial charge in [0.2, 0.25) is 0 Å². The number of ketones is 1. The molecule has 1 aliphatic heterocycles. The van der Waals surface area contributed by atoms with Crippen LogP contribution in [0.15, 0.2) is 36.4 Å². The van der Waals surface area contributed by atoms with E-state index >= 15 is 0 Å². The summed E-state index contributed by atoms with van der Waals surface area (Å²) in [5.41, 5.74) is 3.80. The summed E-state index contributed by atoms with van der Waals surface area (Å²) in [6, 6.07) is 11.9. The smallest absolute Gasteiger partial charge is 0.174 e. The van der Waals surface area contributed by atoms with Crippen molar-refractivity contribution < 1.29 is 14.3 Å². The van der Waals surface area contributed by atoms with Gasteiger partial charge in [0.05, 0.1) is 13.5 Å². The number of hydrogen-bond acceptors (Lipinski definition) is 3. The Morgan fingerprint density at radius 1 is 1.10 bits per heavy atom. The molecule has 21 heavy (non-hydrogen) atoms. The summed E-state index contributed by atoms with van der Waals surface area (Å²) in [6.45, 7) is 4.01. The third-order valence-electron chi connectivity index (χ3n) is 3.80. The highest BCUT2D eigenvalue weighted by Gasteiger charge is 2.30. The number of aryl methyl sites for hydroxylation is 2. The van der Waals surface area contributed by atoms with E-state index in [0.717, 1.165) is 11.1 Å². The van der Waals surface area contributed by atoms with Crippen LogP contribution in [0.1, 0.15) is 39.6 Å². The molecule has 0 spiro atoms. The van der Waals surface area contributed by atoms with Crippen LogP contribution in [0.2, 0.25) is 0 Å². The Morgan fingerprint density at radius 3 is 2.48 bits per heavy atom. The van der Waals surface area contributed by atoms with Gasteiger partial charge in [-0.25, -0.2) is 0 Å². The highest BCUT2D eigenvalue weighted by Crippen LogP contribution is 2.40. The molecule has 2 aromatic rings. The van der Waals surface area contributed by atoms with Crippen LogP contribution in [0.3, 0.4) is 0 Å². The monoisotopic (exact) mass is 282 g/mol. The van der Waals surface area contributed by atoms with Crippen LogP contribution in [0.5, 0.6) is 11.5 Å². The summed E-state index contributed by atoms with van der Waals surface area (Å²) in [5.74, 6) is 1.28. The number of Topliss-reactive ketones (excluding diaryl/α,β-unsaturated/α-hetero) is 1. The Balaban J connectivity index is 2.00. The van der Waals surface area contributed by atoms with Crippen molar-refractivity contribution in [3.8, 4) is 11.5 Å². The van der Waals surface area contributed by atoms with Gasteiger partial charge in [-0.05, 0) is 37.1 Å². The number of rotatable bonds is 2. The zero-order valence-electron chi connectivity index (χ0n) is 12.5. The molecule has 1 aliphatic rings. The number of fused-ring (bicyclic) bond motifs is 1. The third-order valence-corrected chi connectivity index (χ3v) is 3.80. The van der Waals surface area contributed by atoms with Gasteiger partial charge in [-0.3, -0.25) is 4.79 Å². The molecule has 0 saturated heterocycles. The average Bonchev–Trinajstić information content (AvgIpc) is 2.46. The van der Waals surface area contributed by atoms with Crippen LogP contribution < -0.4 is 9.47 Å². The number of carbonyl (C=O) groups is 1. The van der Waals surface area contributed by atoms with Gasteiger partial charge in [-0.15, -0.1) is 0 Å². The lowest BCUT2D eigenvalue weighted by Gasteiger charge is -2.27. The van der Waals surface area contributed by atoms with E-state index in [1.165, 1.54) is 5.56 Å². The van der Waals surface area contributed by atoms with Gasteiger partial charge in [0.25, 0.3) is 0 Å². The molecule has 3 nitrogen and oxygen atoms in total. The van der Waals surface area contributed by atoms with Crippen molar-refractivity contribution in [2.45, 2.75) is 26.4 Å². The number of methoxy groups -OCH3 is 1. The van der Waals surface area contributed by atoms with Crippen LogP contribution in [0, 0.1) is 13.8 Å². The molecule has 0 fully saturated rings. The zero-order chi connectivity index (χ0) is 15.0. The standard InChI is InChI=1S/C18H18O3/c1-11-4-6-13(7-5-11)15-10-14(19)18-16(20-3)8-12(2)9-17(18)21-15/h4-9,15H,10H2,1-3H3. The fourth-order valence-corrected chi connectivity index (χ4v) is 2.68. The first-order valence-corrected chi connectivity index (χ1v) is 7.03. The Kier molecular flexibility index (Phi) is 3.42. The fraction of sp³-hybridized carbons (Fsp3) is 0.278. The van der Waals surface area contributed by atoms with Crippen LogP contribution in [-0.4, -0.2) is 12.9 Å². The first kappa shape index (κ1) is 13.7. The summed E-state index contributed by atoms with van der Waals surface area (Å²) in [4.78, 5) is 12.5. The van der Waals surface area contributed by atoms with Gasteiger partial charge in [0.1, 0.15) is 23.2 Å². The second-order valence-corrected chi connectivity index (χ2v) is 5.48. The number of carbonyl (C=O) groups excluding carboxylic acids is 1. The normalized spacial score (nSPS) is 17.1. The Hall–Kier alpha value is -2.29. The lowest BCUT2D eigenvalue weighted by atomic mass is 9.94. The predicted octanol–water partition coefficient (Wildman–Crippen LogP) is 4.02. The van der Waals surface area contributed by atoms with Crippen molar-refractivity contribution in [3.05, 3.63) is 58.7 Å². The van der Waals surface area contributed by atoms with E-state index in [2.05, 4.69) is 0 Å². The highest BCUT2D eigenvalue weighted by atomic mass is 16.5. The number of benzene rings is 2. The van der Waals surface area contributed by atoms with Crippen LogP contribution in [0.4, 0.5) is 0 Å². The predicted molar refractivity (Wildman–Crippen MR) is 81.2 cm³/mol. The molecule has 0 radical (unpaired) electrons. The minimum atomic E-state index is -0.225. The maximum absolute atomic E-state index is 12.5. The molecular weight excluding hydrogens is 264 g/mol. The molecule has 0 amide bonds.